The van der Waals surface area contributed by atoms with E-state index in [4.69, 9.17) is 9.84 Å². The summed E-state index contributed by atoms with van der Waals surface area (Å²) in [7, 11) is 0. The van der Waals surface area contributed by atoms with Gasteiger partial charge in [-0.1, -0.05) is 6.92 Å². The van der Waals surface area contributed by atoms with Gasteiger partial charge in [0.2, 0.25) is 0 Å². The van der Waals surface area contributed by atoms with Gasteiger partial charge in [0.15, 0.2) is 0 Å². The Morgan fingerprint density at radius 1 is 1.60 bits per heavy atom. The van der Waals surface area contributed by atoms with Gasteiger partial charge in [0.1, 0.15) is 5.60 Å². The third kappa shape index (κ3) is 3.09. The maximum Gasteiger partial charge on any atom is 0.407 e. The number of alkyl carbamates (subject to hydrolysis) is 1. The molecule has 0 spiro atoms. The lowest BCUT2D eigenvalue weighted by Gasteiger charge is -2.46. The van der Waals surface area contributed by atoms with Crippen LogP contribution < -0.4 is 5.32 Å². The number of hydrogen-bond acceptors (Lipinski definition) is 3. The Morgan fingerprint density at radius 2 is 2.20 bits per heavy atom. The molecule has 0 heterocycles. The number of nitrogens with one attached hydrogen (secondary N) is 1. The van der Waals surface area contributed by atoms with Gasteiger partial charge in [0, 0.05) is 11.5 Å². The molecule has 1 aliphatic rings. The standard InChI is InChI=1S/C11H21NO3/c1-10(2,3)15-9(14)12-8-5-6-11(8,4)7-13/h8,13H,5-7H2,1-4H3,(H,12,14). The summed E-state index contributed by atoms with van der Waals surface area (Å²) in [6, 6.07) is 0.0392. The molecule has 2 unspecified atom stereocenters. The summed E-state index contributed by atoms with van der Waals surface area (Å²) in [4.78, 5) is 11.5. The first-order valence-corrected chi connectivity index (χ1v) is 5.37. The van der Waals surface area contributed by atoms with E-state index in [1.54, 1.807) is 0 Å². The predicted molar refractivity (Wildman–Crippen MR) is 57.6 cm³/mol. The van der Waals surface area contributed by atoms with Crippen LogP contribution in [0.25, 0.3) is 0 Å². The molecule has 0 aliphatic heterocycles. The molecular weight excluding hydrogens is 194 g/mol. The third-order valence-electron chi connectivity index (χ3n) is 2.90. The van der Waals surface area contributed by atoms with Gasteiger partial charge >= 0.3 is 6.09 Å². The van der Waals surface area contributed by atoms with Crippen LogP contribution in [0, 0.1) is 5.41 Å². The van der Waals surface area contributed by atoms with Gasteiger partial charge in [-0.25, -0.2) is 4.79 Å². The van der Waals surface area contributed by atoms with Gasteiger partial charge in [0.25, 0.3) is 0 Å². The zero-order valence-electron chi connectivity index (χ0n) is 9.96. The smallest absolute Gasteiger partial charge is 0.407 e. The van der Waals surface area contributed by atoms with E-state index in [0.29, 0.717) is 0 Å². The molecule has 15 heavy (non-hydrogen) atoms. The van der Waals surface area contributed by atoms with Gasteiger partial charge in [-0.3, -0.25) is 0 Å². The number of carbonyl (C=O) groups is 1. The molecule has 0 radical (unpaired) electrons. The highest BCUT2D eigenvalue weighted by atomic mass is 16.6. The number of rotatable bonds is 2. The lowest BCUT2D eigenvalue weighted by Crippen LogP contribution is -2.56. The van der Waals surface area contributed by atoms with Crippen molar-refractivity contribution in [1.29, 1.82) is 0 Å². The average molecular weight is 215 g/mol. The van der Waals surface area contributed by atoms with Crippen LogP contribution in [0.15, 0.2) is 0 Å². The molecule has 0 aromatic rings. The maximum absolute atomic E-state index is 11.5. The molecule has 1 amide bonds. The molecule has 4 heteroatoms. The van der Waals surface area contributed by atoms with Crippen LogP contribution in [-0.4, -0.2) is 29.4 Å². The van der Waals surface area contributed by atoms with Crippen molar-refractivity contribution in [3.8, 4) is 0 Å². The molecule has 1 fully saturated rings. The number of ether oxygens (including phenoxy) is 1. The van der Waals surface area contributed by atoms with Gasteiger partial charge in [-0.2, -0.15) is 0 Å². The van der Waals surface area contributed by atoms with Crippen LogP contribution in [0.2, 0.25) is 0 Å². The molecule has 0 saturated heterocycles. The minimum absolute atomic E-state index is 0.0392. The van der Waals surface area contributed by atoms with Crippen molar-refractivity contribution < 1.29 is 14.6 Å². The molecule has 0 aromatic carbocycles. The quantitative estimate of drug-likeness (QED) is 0.736. The van der Waals surface area contributed by atoms with E-state index >= 15 is 0 Å². The van der Waals surface area contributed by atoms with E-state index in [9.17, 15) is 4.79 Å². The minimum atomic E-state index is -0.469. The van der Waals surface area contributed by atoms with Crippen molar-refractivity contribution in [3.05, 3.63) is 0 Å². The second-order valence-corrected chi connectivity index (χ2v) is 5.55. The summed E-state index contributed by atoms with van der Waals surface area (Å²) in [5.74, 6) is 0. The van der Waals surface area contributed by atoms with E-state index in [0.717, 1.165) is 12.8 Å². The van der Waals surface area contributed by atoms with Crippen LogP contribution in [0.3, 0.4) is 0 Å². The highest BCUT2D eigenvalue weighted by molar-refractivity contribution is 5.68. The van der Waals surface area contributed by atoms with E-state index in [1.807, 2.05) is 27.7 Å². The number of aliphatic hydroxyl groups excluding tert-OH is 1. The summed E-state index contributed by atoms with van der Waals surface area (Å²) in [6.45, 7) is 7.57. The minimum Gasteiger partial charge on any atom is -0.444 e. The van der Waals surface area contributed by atoms with Crippen molar-refractivity contribution in [2.45, 2.75) is 52.2 Å². The Bertz CT molecular complexity index is 243. The first-order valence-electron chi connectivity index (χ1n) is 5.37. The molecule has 1 aliphatic carbocycles. The SMILES string of the molecule is CC(C)(C)OC(=O)NC1CCC1(C)CO. The number of amides is 1. The topological polar surface area (TPSA) is 58.6 Å². The second-order valence-electron chi connectivity index (χ2n) is 5.55. The second kappa shape index (κ2) is 4.00. The van der Waals surface area contributed by atoms with Crippen molar-refractivity contribution in [1.82, 2.24) is 5.32 Å². The molecule has 0 aromatic heterocycles. The summed E-state index contributed by atoms with van der Waals surface area (Å²) in [5.41, 5.74) is -0.639. The third-order valence-corrected chi connectivity index (χ3v) is 2.90. The summed E-state index contributed by atoms with van der Waals surface area (Å²) in [6.07, 6.45) is 1.46. The zero-order chi connectivity index (χ0) is 11.7. The molecule has 4 nitrogen and oxygen atoms in total. The van der Waals surface area contributed by atoms with Crippen LogP contribution in [0.4, 0.5) is 4.79 Å². The summed E-state index contributed by atoms with van der Waals surface area (Å²) in [5, 5.41) is 12.0. The molecule has 2 atom stereocenters. The largest absolute Gasteiger partial charge is 0.444 e. The molecule has 2 N–H and O–H groups in total. The summed E-state index contributed by atoms with van der Waals surface area (Å²) >= 11 is 0. The molecular formula is C11H21NO3. The fourth-order valence-corrected chi connectivity index (χ4v) is 1.67. The molecule has 1 saturated carbocycles. The van der Waals surface area contributed by atoms with E-state index in [2.05, 4.69) is 5.32 Å². The van der Waals surface area contributed by atoms with E-state index in [1.165, 1.54) is 0 Å². The first kappa shape index (κ1) is 12.3. The fraction of sp³-hybridized carbons (Fsp3) is 0.909. The van der Waals surface area contributed by atoms with Crippen LogP contribution in [0.1, 0.15) is 40.5 Å². The highest BCUT2D eigenvalue weighted by Gasteiger charge is 2.43. The number of hydrogen-bond donors (Lipinski definition) is 2. The van der Waals surface area contributed by atoms with Crippen molar-refractivity contribution in [2.75, 3.05) is 6.61 Å². The van der Waals surface area contributed by atoms with E-state index in [-0.39, 0.29) is 18.1 Å². The van der Waals surface area contributed by atoms with Gasteiger partial charge < -0.3 is 15.2 Å². The van der Waals surface area contributed by atoms with Crippen LogP contribution in [-0.2, 0) is 4.74 Å². The Morgan fingerprint density at radius 3 is 2.53 bits per heavy atom. The molecule has 1 rings (SSSR count). The van der Waals surface area contributed by atoms with Crippen LogP contribution in [0.5, 0.6) is 0 Å². The highest BCUT2D eigenvalue weighted by Crippen LogP contribution is 2.40. The average Bonchev–Trinajstić information content (AvgIpc) is 2.08. The van der Waals surface area contributed by atoms with Crippen LogP contribution >= 0.6 is 0 Å². The van der Waals surface area contributed by atoms with Crippen molar-refractivity contribution in [2.24, 2.45) is 5.41 Å². The Hall–Kier alpha value is -0.770. The number of carbonyl (C=O) groups excluding carboxylic acids is 1. The maximum atomic E-state index is 11.5. The number of aliphatic hydroxyl groups is 1. The Kier molecular flexibility index (Phi) is 3.28. The Labute approximate surface area is 91.0 Å². The Balaban J connectivity index is 2.40. The van der Waals surface area contributed by atoms with Crippen molar-refractivity contribution >= 4 is 6.09 Å². The summed E-state index contributed by atoms with van der Waals surface area (Å²) < 4.78 is 5.15. The molecule has 88 valence electrons. The van der Waals surface area contributed by atoms with Gasteiger partial charge in [-0.05, 0) is 33.6 Å². The van der Waals surface area contributed by atoms with Gasteiger partial charge in [-0.15, -0.1) is 0 Å². The van der Waals surface area contributed by atoms with Crippen molar-refractivity contribution in [3.63, 3.8) is 0 Å². The fourth-order valence-electron chi connectivity index (χ4n) is 1.67. The van der Waals surface area contributed by atoms with Gasteiger partial charge in [0.05, 0.1) is 6.61 Å². The zero-order valence-corrected chi connectivity index (χ0v) is 9.96. The lowest BCUT2D eigenvalue weighted by atomic mass is 9.66. The first-order chi connectivity index (χ1) is 6.77. The lowest BCUT2D eigenvalue weighted by molar-refractivity contribution is 0.00299. The molecule has 0 bridgehead atoms. The predicted octanol–water partition coefficient (Wildman–Crippen LogP) is 1.67. The monoisotopic (exact) mass is 215 g/mol. The van der Waals surface area contributed by atoms with E-state index < -0.39 is 11.7 Å². The normalized spacial score (nSPS) is 30.6.